The highest BCUT2D eigenvalue weighted by Crippen LogP contribution is 2.31. The molecule has 1 aliphatic rings. The summed E-state index contributed by atoms with van der Waals surface area (Å²) in [4.78, 5) is 29.2. The van der Waals surface area contributed by atoms with Crippen molar-refractivity contribution in [3.63, 3.8) is 0 Å². The highest BCUT2D eigenvalue weighted by molar-refractivity contribution is 5.95. The average Bonchev–Trinajstić information content (AvgIpc) is 2.86. The number of likely N-dealkylation sites (N-methyl/N-ethyl adjacent to an activating group) is 1. The van der Waals surface area contributed by atoms with Crippen LogP contribution in [0.2, 0.25) is 0 Å². The second kappa shape index (κ2) is 12.5. The van der Waals surface area contributed by atoms with Crippen LogP contribution in [0.4, 0.5) is 14.5 Å². The van der Waals surface area contributed by atoms with Gasteiger partial charge in [-0.15, -0.1) is 0 Å². The number of hydrogen-bond acceptors (Lipinski definition) is 5. The number of ether oxygens (including phenoxy) is 2. The van der Waals surface area contributed by atoms with Gasteiger partial charge in [0.05, 0.1) is 12.7 Å². The monoisotopic (exact) mass is 489 g/mol. The van der Waals surface area contributed by atoms with E-state index in [0.717, 1.165) is 31.8 Å². The van der Waals surface area contributed by atoms with Crippen LogP contribution >= 0.6 is 0 Å². The molecule has 1 aliphatic heterocycles. The van der Waals surface area contributed by atoms with Gasteiger partial charge >= 0.3 is 0 Å². The van der Waals surface area contributed by atoms with E-state index in [9.17, 15) is 18.4 Å². The van der Waals surface area contributed by atoms with Gasteiger partial charge in [-0.3, -0.25) is 9.59 Å². The van der Waals surface area contributed by atoms with Gasteiger partial charge in [0, 0.05) is 43.4 Å². The van der Waals surface area contributed by atoms with Gasteiger partial charge in [0.2, 0.25) is 5.91 Å². The Balaban J connectivity index is 1.55. The topological polar surface area (TPSA) is 71.1 Å². The number of benzene rings is 2. The Hall–Kier alpha value is -3.20. The van der Waals surface area contributed by atoms with E-state index in [0.29, 0.717) is 55.8 Å². The fourth-order valence-electron chi connectivity index (χ4n) is 4.11. The molecule has 1 saturated heterocycles. The van der Waals surface area contributed by atoms with Gasteiger partial charge in [0.15, 0.2) is 11.5 Å². The molecule has 1 N–H and O–H groups in total. The first kappa shape index (κ1) is 26.4. The molecule has 0 atom stereocenters. The standard InChI is InChI=1S/C26H33F2N3O4/c1-4-30(5-2)14-15-35-24-17-20(7-9-23(24)34-3)29-25(32)18-10-12-31(13-11-18)26(33)21-8-6-19(27)16-22(21)28/h6-9,16-18H,4-5,10-15H2,1-3H3,(H,29,32). The minimum atomic E-state index is -0.885. The molecular formula is C26H33F2N3O4. The molecule has 190 valence electrons. The number of methoxy groups -OCH3 is 1. The zero-order valence-corrected chi connectivity index (χ0v) is 20.5. The summed E-state index contributed by atoms with van der Waals surface area (Å²) in [6.07, 6.45) is 0.896. The van der Waals surface area contributed by atoms with E-state index in [4.69, 9.17) is 9.47 Å². The highest BCUT2D eigenvalue weighted by atomic mass is 19.1. The van der Waals surface area contributed by atoms with Gasteiger partial charge in [-0.05, 0) is 50.2 Å². The fraction of sp³-hybridized carbons (Fsp3) is 0.462. The fourth-order valence-corrected chi connectivity index (χ4v) is 4.11. The van der Waals surface area contributed by atoms with Crippen molar-refractivity contribution in [3.05, 3.63) is 53.6 Å². The van der Waals surface area contributed by atoms with E-state index in [1.807, 2.05) is 0 Å². The number of hydrogen-bond donors (Lipinski definition) is 1. The van der Waals surface area contributed by atoms with Gasteiger partial charge in [-0.1, -0.05) is 13.8 Å². The number of nitrogens with zero attached hydrogens (tertiary/aromatic N) is 2. The summed E-state index contributed by atoms with van der Waals surface area (Å²) in [5, 5.41) is 2.93. The molecule has 0 radical (unpaired) electrons. The molecule has 2 aromatic rings. The molecular weight excluding hydrogens is 456 g/mol. The maximum absolute atomic E-state index is 14.0. The third kappa shape index (κ3) is 6.91. The van der Waals surface area contributed by atoms with Crippen LogP contribution in [0.5, 0.6) is 11.5 Å². The van der Waals surface area contributed by atoms with Crippen molar-refractivity contribution >= 4 is 17.5 Å². The molecule has 35 heavy (non-hydrogen) atoms. The summed E-state index contributed by atoms with van der Waals surface area (Å²) >= 11 is 0. The van der Waals surface area contributed by atoms with Crippen molar-refractivity contribution < 1.29 is 27.8 Å². The molecule has 0 aromatic heterocycles. The first-order valence-corrected chi connectivity index (χ1v) is 11.9. The molecule has 9 heteroatoms. The third-order valence-corrected chi connectivity index (χ3v) is 6.31. The van der Waals surface area contributed by atoms with Crippen LogP contribution in [0.3, 0.4) is 0 Å². The van der Waals surface area contributed by atoms with E-state index in [1.165, 1.54) is 4.90 Å². The number of carbonyl (C=O) groups excluding carboxylic acids is 2. The zero-order valence-electron chi connectivity index (χ0n) is 20.5. The lowest BCUT2D eigenvalue weighted by atomic mass is 9.95. The van der Waals surface area contributed by atoms with Crippen molar-refractivity contribution in [3.8, 4) is 11.5 Å². The predicted molar refractivity (Wildman–Crippen MR) is 130 cm³/mol. The predicted octanol–water partition coefficient (Wildman–Crippen LogP) is 4.18. The molecule has 2 amide bonds. The number of halogens is 2. The van der Waals surface area contributed by atoms with E-state index in [1.54, 1.807) is 25.3 Å². The van der Waals surface area contributed by atoms with Gasteiger partial charge in [-0.25, -0.2) is 8.78 Å². The first-order chi connectivity index (χ1) is 16.9. The molecule has 1 fully saturated rings. The van der Waals surface area contributed by atoms with Crippen LogP contribution < -0.4 is 14.8 Å². The molecule has 0 spiro atoms. The van der Waals surface area contributed by atoms with Crippen molar-refractivity contribution in [1.82, 2.24) is 9.80 Å². The Labute approximate surface area is 205 Å². The van der Waals surface area contributed by atoms with E-state index in [-0.39, 0.29) is 17.4 Å². The summed E-state index contributed by atoms with van der Waals surface area (Å²) in [5.74, 6) is -1.41. The van der Waals surface area contributed by atoms with Gasteiger partial charge in [-0.2, -0.15) is 0 Å². The summed E-state index contributed by atoms with van der Waals surface area (Å²) in [7, 11) is 1.57. The second-order valence-corrected chi connectivity index (χ2v) is 8.42. The Morgan fingerprint density at radius 1 is 1.06 bits per heavy atom. The van der Waals surface area contributed by atoms with Crippen molar-refractivity contribution in [2.45, 2.75) is 26.7 Å². The maximum atomic E-state index is 14.0. The third-order valence-electron chi connectivity index (χ3n) is 6.31. The summed E-state index contributed by atoms with van der Waals surface area (Å²) in [6, 6.07) is 8.16. The second-order valence-electron chi connectivity index (χ2n) is 8.42. The number of rotatable bonds is 10. The largest absolute Gasteiger partial charge is 0.493 e. The minimum Gasteiger partial charge on any atom is -0.493 e. The van der Waals surface area contributed by atoms with Gasteiger partial charge in [0.1, 0.15) is 18.2 Å². The lowest BCUT2D eigenvalue weighted by Gasteiger charge is -2.31. The Morgan fingerprint density at radius 2 is 1.77 bits per heavy atom. The first-order valence-electron chi connectivity index (χ1n) is 11.9. The zero-order chi connectivity index (χ0) is 25.4. The van der Waals surface area contributed by atoms with Crippen molar-refractivity contribution in [2.75, 3.05) is 51.8 Å². The van der Waals surface area contributed by atoms with Crippen LogP contribution in [0.1, 0.15) is 37.0 Å². The Morgan fingerprint density at radius 3 is 2.40 bits per heavy atom. The highest BCUT2D eigenvalue weighted by Gasteiger charge is 2.29. The van der Waals surface area contributed by atoms with Crippen molar-refractivity contribution in [2.24, 2.45) is 5.92 Å². The summed E-state index contributed by atoms with van der Waals surface area (Å²) in [5.41, 5.74) is 0.432. The number of amides is 2. The molecule has 0 saturated carbocycles. The van der Waals surface area contributed by atoms with E-state index < -0.39 is 17.5 Å². The number of anilines is 1. The van der Waals surface area contributed by atoms with Gasteiger partial charge < -0.3 is 24.6 Å². The molecule has 2 aromatic carbocycles. The van der Waals surface area contributed by atoms with Crippen LogP contribution in [0, 0.1) is 17.6 Å². The minimum absolute atomic E-state index is 0.149. The number of likely N-dealkylation sites (tertiary alicyclic amines) is 1. The van der Waals surface area contributed by atoms with E-state index >= 15 is 0 Å². The number of nitrogens with one attached hydrogen (secondary N) is 1. The van der Waals surface area contributed by atoms with Crippen molar-refractivity contribution in [1.29, 1.82) is 0 Å². The smallest absolute Gasteiger partial charge is 0.256 e. The lowest BCUT2D eigenvalue weighted by Crippen LogP contribution is -2.41. The summed E-state index contributed by atoms with van der Waals surface area (Å²) < 4.78 is 38.4. The maximum Gasteiger partial charge on any atom is 0.256 e. The summed E-state index contributed by atoms with van der Waals surface area (Å²) in [6.45, 7) is 7.99. The molecule has 0 aliphatic carbocycles. The molecule has 3 rings (SSSR count). The number of carbonyl (C=O) groups is 2. The van der Waals surface area contributed by atoms with E-state index in [2.05, 4.69) is 24.1 Å². The Bertz CT molecular complexity index is 1020. The molecule has 1 heterocycles. The molecule has 0 unspecified atom stereocenters. The SMILES string of the molecule is CCN(CC)CCOc1cc(NC(=O)C2CCN(C(=O)c3ccc(F)cc3F)CC2)ccc1OC. The lowest BCUT2D eigenvalue weighted by molar-refractivity contribution is -0.121. The van der Waals surface area contributed by atoms with Gasteiger partial charge in [0.25, 0.3) is 5.91 Å². The van der Waals surface area contributed by atoms with Crippen LogP contribution in [-0.2, 0) is 4.79 Å². The average molecular weight is 490 g/mol. The van der Waals surface area contributed by atoms with Crippen LogP contribution in [0.25, 0.3) is 0 Å². The molecule has 7 nitrogen and oxygen atoms in total. The normalized spacial score (nSPS) is 14.2. The Kier molecular flexibility index (Phi) is 9.42. The molecule has 0 bridgehead atoms. The van der Waals surface area contributed by atoms with Crippen LogP contribution in [-0.4, -0.2) is 68.1 Å². The number of piperidine rings is 1. The van der Waals surface area contributed by atoms with Crippen LogP contribution in [0.15, 0.2) is 36.4 Å². The quantitative estimate of drug-likeness (QED) is 0.542.